The number of rotatable bonds is 4. The molecule has 0 aliphatic heterocycles. The van der Waals surface area contributed by atoms with Crippen LogP contribution < -0.4 is 0 Å². The second-order valence-corrected chi connectivity index (χ2v) is 7.06. The Bertz CT molecular complexity index is 625. The Kier molecular flexibility index (Phi) is 4.07. The Morgan fingerprint density at radius 1 is 1.40 bits per heavy atom. The van der Waals surface area contributed by atoms with Crippen LogP contribution in [0.2, 0.25) is 0 Å². The van der Waals surface area contributed by atoms with E-state index in [0.29, 0.717) is 21.7 Å². The van der Waals surface area contributed by atoms with Crippen LogP contribution in [-0.2, 0) is 6.54 Å². The molecule has 5 heteroatoms. The molecule has 0 atom stereocenters. The predicted molar refractivity (Wildman–Crippen MR) is 86.3 cm³/mol. The second-order valence-electron chi connectivity index (χ2n) is 4.87. The smallest absolute Gasteiger partial charge is 0.255 e. The lowest BCUT2D eigenvalue weighted by Gasteiger charge is -2.22. The highest BCUT2D eigenvalue weighted by Crippen LogP contribution is 2.31. The summed E-state index contributed by atoms with van der Waals surface area (Å²) in [6.07, 6.45) is 2.13. The highest BCUT2D eigenvalue weighted by molar-refractivity contribution is 14.1. The van der Waals surface area contributed by atoms with E-state index >= 15 is 0 Å². The van der Waals surface area contributed by atoms with Gasteiger partial charge in [0.05, 0.1) is 12.1 Å². The second kappa shape index (κ2) is 5.81. The van der Waals surface area contributed by atoms with Gasteiger partial charge in [-0.15, -0.1) is 11.3 Å². The fraction of sp³-hybridized carbons (Fsp3) is 0.267. The third-order valence-electron chi connectivity index (χ3n) is 3.32. The van der Waals surface area contributed by atoms with Crippen LogP contribution in [0.5, 0.6) is 0 Å². The fourth-order valence-electron chi connectivity index (χ4n) is 2.14. The van der Waals surface area contributed by atoms with Crippen molar-refractivity contribution in [3.8, 4) is 0 Å². The van der Waals surface area contributed by atoms with E-state index in [4.69, 9.17) is 0 Å². The largest absolute Gasteiger partial charge is 0.330 e. The first-order valence-corrected chi connectivity index (χ1v) is 8.39. The van der Waals surface area contributed by atoms with E-state index in [-0.39, 0.29) is 11.7 Å². The average Bonchev–Trinajstić information content (AvgIpc) is 3.12. The summed E-state index contributed by atoms with van der Waals surface area (Å²) < 4.78 is 13.8. The van der Waals surface area contributed by atoms with Crippen LogP contribution in [0.3, 0.4) is 0 Å². The molecule has 2 nitrogen and oxygen atoms in total. The van der Waals surface area contributed by atoms with Crippen molar-refractivity contribution in [1.29, 1.82) is 0 Å². The van der Waals surface area contributed by atoms with Gasteiger partial charge in [0.15, 0.2) is 0 Å². The molecule has 0 unspecified atom stereocenters. The van der Waals surface area contributed by atoms with E-state index in [1.54, 1.807) is 17.4 Å². The average molecular weight is 401 g/mol. The minimum absolute atomic E-state index is 0.00491. The van der Waals surface area contributed by atoms with Gasteiger partial charge in [-0.25, -0.2) is 4.39 Å². The van der Waals surface area contributed by atoms with E-state index in [2.05, 4.69) is 0 Å². The number of carbonyl (C=O) groups is 1. The zero-order valence-electron chi connectivity index (χ0n) is 10.7. The summed E-state index contributed by atoms with van der Waals surface area (Å²) >= 11 is 3.68. The molecule has 1 heterocycles. The van der Waals surface area contributed by atoms with Gasteiger partial charge in [0.1, 0.15) is 5.82 Å². The zero-order valence-corrected chi connectivity index (χ0v) is 13.7. The number of hydrogen-bond acceptors (Lipinski definition) is 2. The topological polar surface area (TPSA) is 20.3 Å². The summed E-state index contributed by atoms with van der Waals surface area (Å²) in [5.74, 6) is -0.299. The summed E-state index contributed by atoms with van der Waals surface area (Å²) in [7, 11) is 0. The van der Waals surface area contributed by atoms with Crippen molar-refractivity contribution in [2.75, 3.05) is 0 Å². The number of halogens is 2. The molecule has 20 heavy (non-hydrogen) atoms. The van der Waals surface area contributed by atoms with Crippen molar-refractivity contribution in [3.63, 3.8) is 0 Å². The van der Waals surface area contributed by atoms with Crippen LogP contribution in [0.25, 0.3) is 0 Å². The minimum atomic E-state index is -0.304. The van der Waals surface area contributed by atoms with Crippen molar-refractivity contribution >= 4 is 39.8 Å². The van der Waals surface area contributed by atoms with Crippen LogP contribution >= 0.6 is 33.9 Å². The number of benzene rings is 1. The SMILES string of the molecule is O=C(c1ccc(F)cc1I)N(Cc1cccs1)C1CC1. The first-order valence-electron chi connectivity index (χ1n) is 6.43. The van der Waals surface area contributed by atoms with Crippen molar-refractivity contribution in [2.24, 2.45) is 0 Å². The van der Waals surface area contributed by atoms with Crippen molar-refractivity contribution < 1.29 is 9.18 Å². The molecule has 1 aromatic heterocycles. The zero-order chi connectivity index (χ0) is 14.1. The highest BCUT2D eigenvalue weighted by Gasteiger charge is 2.33. The van der Waals surface area contributed by atoms with Gasteiger partial charge in [-0.3, -0.25) is 4.79 Å². The number of amides is 1. The van der Waals surface area contributed by atoms with Gasteiger partial charge in [-0.2, -0.15) is 0 Å². The summed E-state index contributed by atoms with van der Waals surface area (Å²) in [6.45, 7) is 0.647. The molecule has 1 aromatic carbocycles. The molecule has 3 rings (SSSR count). The van der Waals surface area contributed by atoms with E-state index in [9.17, 15) is 9.18 Å². The molecule has 0 bridgehead atoms. The molecule has 0 radical (unpaired) electrons. The molecule has 0 saturated heterocycles. The Morgan fingerprint density at radius 2 is 2.20 bits per heavy atom. The molecule has 1 saturated carbocycles. The van der Waals surface area contributed by atoms with E-state index < -0.39 is 0 Å². The summed E-state index contributed by atoms with van der Waals surface area (Å²) in [6, 6.07) is 8.73. The normalized spacial score (nSPS) is 14.3. The molecule has 1 amide bonds. The van der Waals surface area contributed by atoms with Gasteiger partial charge >= 0.3 is 0 Å². The Labute approximate surface area is 134 Å². The van der Waals surface area contributed by atoms with Crippen LogP contribution in [-0.4, -0.2) is 16.8 Å². The van der Waals surface area contributed by atoms with Crippen molar-refractivity contribution in [2.45, 2.75) is 25.4 Å². The van der Waals surface area contributed by atoms with Gasteiger partial charge in [0.25, 0.3) is 5.91 Å². The third kappa shape index (κ3) is 3.03. The number of thiophene rings is 1. The standard InChI is InChI=1S/C15H13FINOS/c16-10-3-6-13(14(17)8-10)15(19)18(11-4-5-11)9-12-2-1-7-20-12/h1-3,6-8,11H,4-5,9H2. The van der Waals surface area contributed by atoms with Crippen LogP contribution in [0.1, 0.15) is 28.1 Å². The molecule has 1 aliphatic rings. The Balaban J connectivity index is 1.85. The molecule has 1 fully saturated rings. The lowest BCUT2D eigenvalue weighted by Crippen LogP contribution is -2.32. The van der Waals surface area contributed by atoms with Crippen LogP contribution in [0, 0.1) is 9.39 Å². The lowest BCUT2D eigenvalue weighted by atomic mass is 10.2. The van der Waals surface area contributed by atoms with Gasteiger partial charge in [-0.1, -0.05) is 6.07 Å². The molecular weight excluding hydrogens is 388 g/mol. The molecule has 0 spiro atoms. The molecular formula is C15H13FINOS. The van der Waals surface area contributed by atoms with Crippen LogP contribution in [0.4, 0.5) is 4.39 Å². The molecule has 2 aromatic rings. The van der Waals surface area contributed by atoms with E-state index in [1.807, 2.05) is 45.0 Å². The predicted octanol–water partition coefficient (Wildman–Crippen LogP) is 4.30. The first-order chi connectivity index (χ1) is 9.65. The maximum atomic E-state index is 13.2. The molecule has 0 N–H and O–H groups in total. The maximum absolute atomic E-state index is 13.2. The minimum Gasteiger partial charge on any atom is -0.330 e. The Hall–Kier alpha value is -0.950. The van der Waals surface area contributed by atoms with E-state index in [0.717, 1.165) is 12.8 Å². The van der Waals surface area contributed by atoms with Crippen molar-refractivity contribution in [1.82, 2.24) is 4.90 Å². The fourth-order valence-corrected chi connectivity index (χ4v) is 3.55. The third-order valence-corrected chi connectivity index (χ3v) is 5.07. The van der Waals surface area contributed by atoms with Gasteiger partial charge in [0.2, 0.25) is 0 Å². The summed E-state index contributed by atoms with van der Waals surface area (Å²) in [4.78, 5) is 15.8. The van der Waals surface area contributed by atoms with Gasteiger partial charge in [-0.05, 0) is 65.1 Å². The molecule has 104 valence electrons. The van der Waals surface area contributed by atoms with Gasteiger partial charge in [0, 0.05) is 14.5 Å². The van der Waals surface area contributed by atoms with Crippen LogP contribution in [0.15, 0.2) is 35.7 Å². The highest BCUT2D eigenvalue weighted by atomic mass is 127. The Morgan fingerprint density at radius 3 is 2.80 bits per heavy atom. The number of nitrogens with zero attached hydrogens (tertiary/aromatic N) is 1. The van der Waals surface area contributed by atoms with Crippen molar-refractivity contribution in [3.05, 3.63) is 55.5 Å². The first kappa shape index (κ1) is 14.0. The van der Waals surface area contributed by atoms with E-state index in [1.165, 1.54) is 17.0 Å². The summed E-state index contributed by atoms with van der Waals surface area (Å²) in [5.41, 5.74) is 0.593. The number of carbonyl (C=O) groups excluding carboxylic acids is 1. The monoisotopic (exact) mass is 401 g/mol. The lowest BCUT2D eigenvalue weighted by molar-refractivity contribution is 0.0730. The quantitative estimate of drug-likeness (QED) is 0.700. The molecule has 1 aliphatic carbocycles. The number of hydrogen-bond donors (Lipinski definition) is 0. The summed E-state index contributed by atoms with van der Waals surface area (Å²) in [5, 5.41) is 2.02. The maximum Gasteiger partial charge on any atom is 0.255 e. The van der Waals surface area contributed by atoms with Gasteiger partial charge < -0.3 is 4.90 Å².